The van der Waals surface area contributed by atoms with Gasteiger partial charge in [-0.2, -0.15) is 0 Å². The van der Waals surface area contributed by atoms with E-state index in [1.807, 2.05) is 69.2 Å². The number of hydrogen-bond donors (Lipinski definition) is 4. The summed E-state index contributed by atoms with van der Waals surface area (Å²) in [7, 11) is 5.43. The van der Waals surface area contributed by atoms with E-state index in [0.717, 1.165) is 47.3 Å². The molecule has 0 saturated carbocycles. The van der Waals surface area contributed by atoms with E-state index >= 15 is 0 Å². The van der Waals surface area contributed by atoms with E-state index in [4.69, 9.17) is 75.8 Å². The van der Waals surface area contributed by atoms with E-state index in [-0.39, 0.29) is 120 Å². The van der Waals surface area contributed by atoms with E-state index in [2.05, 4.69) is 94.3 Å². The van der Waals surface area contributed by atoms with Crippen molar-refractivity contribution in [3.05, 3.63) is 0 Å². The van der Waals surface area contributed by atoms with Gasteiger partial charge in [0.2, 0.25) is 23.1 Å². The van der Waals surface area contributed by atoms with Gasteiger partial charge in [-0.05, 0) is 232 Å². The fraction of sp³-hybridized carbons (Fsp3) is 1.00. The van der Waals surface area contributed by atoms with Crippen LogP contribution in [0, 0.1) is 23.7 Å². The number of methoxy groups -OCH3 is 4. The first-order valence-corrected chi connectivity index (χ1v) is 59.9. The first kappa shape index (κ1) is 88.8. The first-order valence-electron chi connectivity index (χ1n) is 39.5. The van der Waals surface area contributed by atoms with Crippen LogP contribution in [0.2, 0.25) is 0 Å². The Kier molecular flexibility index (Phi) is 28.6. The predicted molar refractivity (Wildman–Crippen MR) is 443 cm³/mol. The van der Waals surface area contributed by atoms with Crippen molar-refractivity contribution >= 4 is 79.2 Å². The van der Waals surface area contributed by atoms with Gasteiger partial charge in [0.05, 0.1) is 97.7 Å². The molecule has 0 aliphatic carbocycles. The maximum atomic E-state index is 9.99. The summed E-state index contributed by atoms with van der Waals surface area (Å²) >= 11 is 0. The molecule has 16 rings (SSSR count). The molecule has 0 aromatic rings. The van der Waals surface area contributed by atoms with Crippen molar-refractivity contribution in [2.75, 3.05) is 157 Å². The third-order valence-corrected chi connectivity index (χ3v) is 55.9. The molecule has 0 radical (unpaired) electrons. The lowest BCUT2D eigenvalue weighted by Crippen LogP contribution is -2.68. The maximum Gasteiger partial charge on any atom is 0.220 e. The first-order chi connectivity index (χ1) is 49.5. The Balaban J connectivity index is 0.000000127. The van der Waals surface area contributed by atoms with Crippen LogP contribution in [-0.4, -0.2) is 379 Å². The molecule has 30 heteroatoms. The molecular weight excluding hydrogens is 1540 g/mol. The summed E-state index contributed by atoms with van der Waals surface area (Å²) < 4.78 is 98.7. The summed E-state index contributed by atoms with van der Waals surface area (Å²) in [6.45, 7) is 53.6. The van der Waals surface area contributed by atoms with Crippen molar-refractivity contribution in [1.29, 1.82) is 0 Å². The molecule has 2 unspecified atom stereocenters. The SMILES string of the molecule is CC1O[C@@H]2[C@H]([C@H]3[C@H]4OC(C)O[C@@H]4C[P@]3C)[P@](C)C[C@H]2O1.CO[C@@]1(C)O[C@@H]2[C@H]([C@H]3[C@H]4O[C@](C)(OC)[C@@](C)(OC)O[C@@H]4C[P@]3C)[P@](C)C[C@H]2O[C@]1(C)OC.C[C@@H]1[C@H]([C@H]2[C@@H](C)[C@H](C)C[P@]2C)[P@](C)C[C@H]1C.C[P@@]1C[C@@H](O)[C@H](O)[C@@H]1[C@H]1[C@@H](O)[C@H](O)C[P@]1C.C[P@]1C[C@H]2OC(C)(C)O[C@@H]2[C@@H]1[C@H]1[C@H]2OC(C)(C)O[C@@H]2C[P@]1C. The van der Waals surface area contributed by atoms with Crippen LogP contribution < -0.4 is 0 Å². The highest BCUT2D eigenvalue weighted by molar-refractivity contribution is 7.65. The Labute approximate surface area is 650 Å². The lowest BCUT2D eigenvalue weighted by Gasteiger charge is -2.53. The lowest BCUT2D eigenvalue weighted by atomic mass is 9.86. The number of ether oxygens (including phenoxy) is 16. The van der Waals surface area contributed by atoms with Gasteiger partial charge >= 0.3 is 0 Å². The molecule has 16 saturated heterocycles. The summed E-state index contributed by atoms with van der Waals surface area (Å²) in [5.74, 6) is -0.815. The highest BCUT2D eigenvalue weighted by Crippen LogP contribution is 2.70. The van der Waals surface area contributed by atoms with Crippen molar-refractivity contribution in [2.45, 2.75) is 298 Å². The number of fused-ring (bicyclic) bond motifs is 6. The van der Waals surface area contributed by atoms with Crippen molar-refractivity contribution in [3.63, 3.8) is 0 Å². The minimum atomic E-state index is -1.00. The molecule has 0 amide bonds. The molecule has 16 aliphatic heterocycles. The standard InChI is InChI=1S/C22H40O8P2.C16H28O4P2.C14H24O4P2.C14H28P2.C10H20O4P2/c1-19(23-5)21(3,25-7)29-15-13(27-19)11-31(9)17(15)18-16-14(12-32(18)10)28-20(2,24-6)22(4,26-8)30-16;1-15(2)17-9-7-21(5)13(11(9)19-15)14-12-10(8-22(14)6)18-16(3,4)20-12;1-7-15-9-5-19(3)13(11(9)17-7)14-12-10(6-20(14)4)16-8(2)18-12;1-9-7-15(5)13(11(9)3)14-12(4)10(2)8-16(14)6;1-15-3-5(11)7(13)9(15)10-8(14)6(12)4-16(10)2/h13-18H,11-12H2,1-10H3;9-14H,7-8H2,1-6H3;7-14H,5-6H2,1-4H3;9-14H,7-8H2,1-6H3;5-14H,3-4H2,1-2H3/t13-,14-,15+,16+,17-,18-,19+,20+,21+,22+,31-,32+;9-,10-,11+,12+,13-,14-,21-,22+;7?,8?,9-,10-,11+,12+,13-,14-,19-,20+;9-,10-,11+,12+,13-,14-,15-,16+;5-,6-,7+,8+,9-,10-,15+,16+/m11111/s1. The third-order valence-electron chi connectivity index (χ3n) is 28.2. The van der Waals surface area contributed by atoms with Crippen LogP contribution in [-0.2, 0) is 75.8 Å². The predicted octanol–water partition coefficient (Wildman–Crippen LogP) is 12.2. The molecule has 16 fully saturated rings. The van der Waals surface area contributed by atoms with Crippen LogP contribution in [0.5, 0.6) is 0 Å². The zero-order chi connectivity index (χ0) is 77.6. The van der Waals surface area contributed by atoms with Crippen molar-refractivity contribution in [2.24, 2.45) is 23.7 Å². The van der Waals surface area contributed by atoms with Crippen molar-refractivity contribution < 1.29 is 96.2 Å². The minimum absolute atomic E-state index is 0.00624. The van der Waals surface area contributed by atoms with Gasteiger partial charge in [-0.15, -0.1) is 79.2 Å². The second-order valence-electron chi connectivity index (χ2n) is 36.1. The van der Waals surface area contributed by atoms with E-state index in [0.29, 0.717) is 86.5 Å². The second kappa shape index (κ2) is 34.2. The van der Waals surface area contributed by atoms with Crippen LogP contribution in [0.15, 0.2) is 0 Å². The van der Waals surface area contributed by atoms with Crippen LogP contribution in [0.25, 0.3) is 0 Å². The van der Waals surface area contributed by atoms with E-state index < -0.39 is 75.0 Å². The summed E-state index contributed by atoms with van der Waals surface area (Å²) in [5, 5.41) is 39.3. The molecule has 106 heavy (non-hydrogen) atoms. The lowest BCUT2D eigenvalue weighted by molar-refractivity contribution is -0.448. The summed E-state index contributed by atoms with van der Waals surface area (Å²) in [6, 6.07) is 0. The van der Waals surface area contributed by atoms with E-state index in [1.54, 1.807) is 40.8 Å². The van der Waals surface area contributed by atoms with Gasteiger partial charge in [-0.25, -0.2) is 0 Å². The molecule has 0 bridgehead atoms. The molecule has 16 aliphatic rings. The quantitative estimate of drug-likeness (QED) is 0.157. The number of aliphatic hydroxyl groups is 4. The molecule has 0 aromatic heterocycles. The molecule has 0 aromatic carbocycles. The van der Waals surface area contributed by atoms with Gasteiger partial charge in [0.1, 0.15) is 0 Å². The van der Waals surface area contributed by atoms with Gasteiger partial charge < -0.3 is 96.2 Å². The zero-order valence-corrected chi connectivity index (χ0v) is 78.3. The minimum Gasteiger partial charge on any atom is -0.390 e. The molecule has 20 nitrogen and oxygen atoms in total. The van der Waals surface area contributed by atoms with Crippen LogP contribution >= 0.6 is 79.2 Å². The van der Waals surface area contributed by atoms with Gasteiger partial charge in [0.15, 0.2) is 24.2 Å². The smallest absolute Gasteiger partial charge is 0.220 e. The van der Waals surface area contributed by atoms with Gasteiger partial charge in [0.25, 0.3) is 0 Å². The highest BCUT2D eigenvalue weighted by atomic mass is 31.1. The van der Waals surface area contributed by atoms with Crippen LogP contribution in [0.3, 0.4) is 0 Å². The molecule has 0 spiro atoms. The molecule has 614 valence electrons. The third kappa shape index (κ3) is 16.8. The Bertz CT molecular complexity index is 2710. The molecule has 4 N–H and O–H groups in total. The molecular formula is C76H140O20P10. The Morgan fingerprint density at radius 2 is 0.500 bits per heavy atom. The average Bonchev–Trinajstić information content (AvgIpc) is 1.39. The Hall–Kier alpha value is 3.50. The normalized spacial score (nSPS) is 58.2. The summed E-state index contributed by atoms with van der Waals surface area (Å²) in [6.07, 6.45) is 10.4. The van der Waals surface area contributed by atoms with E-state index in [9.17, 15) is 20.4 Å². The monoisotopic (exact) mass is 1680 g/mol. The van der Waals surface area contributed by atoms with Gasteiger partial charge in [-0.1, -0.05) is 27.7 Å². The topological polar surface area (TPSA) is 229 Å². The fourth-order valence-electron chi connectivity index (χ4n) is 22.1. The second-order valence-corrected chi connectivity index (χ2v) is 60.9. The van der Waals surface area contributed by atoms with Crippen LogP contribution in [0.1, 0.15) is 96.9 Å². The summed E-state index contributed by atoms with van der Waals surface area (Å²) in [5.41, 5.74) is 5.29. The van der Waals surface area contributed by atoms with Crippen molar-refractivity contribution in [3.8, 4) is 0 Å². The van der Waals surface area contributed by atoms with Crippen molar-refractivity contribution in [1.82, 2.24) is 0 Å². The number of aliphatic hydroxyl groups excluding tert-OH is 4. The maximum absolute atomic E-state index is 9.99. The largest absolute Gasteiger partial charge is 0.390 e. The average molecular weight is 1680 g/mol. The van der Waals surface area contributed by atoms with Gasteiger partial charge in [-0.3, -0.25) is 0 Å². The fourth-order valence-corrected chi connectivity index (χ4v) is 55.9. The molecule has 16 heterocycles. The zero-order valence-electron chi connectivity index (χ0n) is 69.3. The Morgan fingerprint density at radius 1 is 0.264 bits per heavy atom. The number of hydrogen-bond acceptors (Lipinski definition) is 20. The van der Waals surface area contributed by atoms with E-state index in [1.165, 1.54) is 24.6 Å². The van der Waals surface area contributed by atoms with Gasteiger partial charge in [0, 0.05) is 73.7 Å². The van der Waals surface area contributed by atoms with Crippen LogP contribution in [0.4, 0.5) is 0 Å². The highest BCUT2D eigenvalue weighted by Gasteiger charge is 2.69. The molecule has 46 atom stereocenters. The summed E-state index contributed by atoms with van der Waals surface area (Å²) in [4.78, 5) is 0. The number of rotatable bonds is 9. The Morgan fingerprint density at radius 3 is 0.755 bits per heavy atom.